The van der Waals surface area contributed by atoms with Gasteiger partial charge in [0.05, 0.1) is 22.4 Å². The molecule has 0 saturated heterocycles. The number of thioether (sulfide) groups is 1. The Balaban J connectivity index is 1.93. The fraction of sp³-hybridized carbons (Fsp3) is 0.143. The summed E-state index contributed by atoms with van der Waals surface area (Å²) in [5.41, 5.74) is 0.674. The fourth-order valence-electron chi connectivity index (χ4n) is 2.08. The third-order valence-electron chi connectivity index (χ3n) is 3.18. The number of nitrogens with zero attached hydrogens (tertiary/aromatic N) is 4. The van der Waals surface area contributed by atoms with Crippen molar-refractivity contribution in [2.45, 2.75) is 6.92 Å². The van der Waals surface area contributed by atoms with Crippen molar-refractivity contribution in [3.63, 3.8) is 0 Å². The molecule has 1 aromatic rings. The minimum absolute atomic E-state index is 0.00746. The van der Waals surface area contributed by atoms with Crippen molar-refractivity contribution in [3.05, 3.63) is 45.5 Å². The maximum Gasteiger partial charge on any atom is 0.283 e. The number of carbonyl (C=O) groups is 1. The van der Waals surface area contributed by atoms with E-state index in [0.29, 0.717) is 15.9 Å². The van der Waals surface area contributed by atoms with E-state index in [4.69, 9.17) is 5.41 Å². The zero-order chi connectivity index (χ0) is 17.3. The number of amidine groups is 3. The topological polar surface area (TPSA) is 112 Å². The molecule has 2 aliphatic rings. The van der Waals surface area contributed by atoms with Crippen molar-refractivity contribution in [1.82, 2.24) is 4.90 Å². The van der Waals surface area contributed by atoms with E-state index in [2.05, 4.69) is 9.39 Å². The van der Waals surface area contributed by atoms with Crippen molar-refractivity contribution in [2.75, 3.05) is 5.75 Å². The van der Waals surface area contributed by atoms with Crippen molar-refractivity contribution in [2.24, 2.45) is 9.39 Å². The molecule has 122 valence electrons. The maximum atomic E-state index is 12.2. The molecule has 1 aromatic carbocycles. The molecule has 0 aliphatic carbocycles. The lowest BCUT2D eigenvalue weighted by Gasteiger charge is -2.24. The molecule has 2 aliphatic heterocycles. The number of rotatable bonds is 3. The van der Waals surface area contributed by atoms with E-state index in [1.165, 1.54) is 47.0 Å². The Hall–Kier alpha value is -2.46. The molecule has 0 saturated carbocycles. The average Bonchev–Trinajstić information content (AvgIpc) is 2.95. The molecule has 10 heteroatoms. The van der Waals surface area contributed by atoms with Crippen LogP contribution in [0.1, 0.15) is 12.5 Å². The molecule has 0 unspecified atom stereocenters. The number of amides is 1. The van der Waals surface area contributed by atoms with E-state index < -0.39 is 10.8 Å². The van der Waals surface area contributed by atoms with Gasteiger partial charge in [-0.25, -0.2) is 4.90 Å². The number of aliphatic imine (C=N–C) groups is 1. The van der Waals surface area contributed by atoms with Gasteiger partial charge in [0, 0.05) is 12.1 Å². The molecule has 0 aromatic heterocycles. The zero-order valence-electron chi connectivity index (χ0n) is 12.4. The lowest BCUT2D eigenvalue weighted by atomic mass is 10.1. The van der Waals surface area contributed by atoms with E-state index in [9.17, 15) is 14.9 Å². The van der Waals surface area contributed by atoms with Crippen LogP contribution in [0.4, 0.5) is 5.69 Å². The normalized spacial score (nSPS) is 18.5. The summed E-state index contributed by atoms with van der Waals surface area (Å²) in [5.74, 6) is 0.273. The van der Waals surface area contributed by atoms with Crippen LogP contribution in [-0.4, -0.2) is 37.7 Å². The molecule has 2 heterocycles. The maximum absolute atomic E-state index is 12.2. The summed E-state index contributed by atoms with van der Waals surface area (Å²) in [7, 11) is 0. The number of nitro benzene ring substituents is 1. The second-order valence-corrected chi connectivity index (χ2v) is 6.65. The van der Waals surface area contributed by atoms with Crippen molar-refractivity contribution in [1.29, 1.82) is 5.41 Å². The van der Waals surface area contributed by atoms with Crippen molar-refractivity contribution >= 4 is 57.6 Å². The summed E-state index contributed by atoms with van der Waals surface area (Å²) in [6.07, 6.45) is 1.51. The summed E-state index contributed by atoms with van der Waals surface area (Å²) in [6.45, 7) is 1.97. The highest BCUT2D eigenvalue weighted by Crippen LogP contribution is 2.31. The Morgan fingerprint density at radius 1 is 1.42 bits per heavy atom. The van der Waals surface area contributed by atoms with Gasteiger partial charge in [-0.05, 0) is 29.5 Å². The largest absolute Gasteiger partial charge is 0.283 e. The Bertz CT molecular complexity index is 829. The molecule has 0 spiro atoms. The summed E-state index contributed by atoms with van der Waals surface area (Å²) >= 11 is 2.54. The first kappa shape index (κ1) is 16.4. The molecule has 1 N–H and O–H groups in total. The molecule has 0 fully saturated rings. The Morgan fingerprint density at radius 3 is 2.75 bits per heavy atom. The van der Waals surface area contributed by atoms with Crippen LogP contribution < -0.4 is 0 Å². The van der Waals surface area contributed by atoms with Gasteiger partial charge in [0.1, 0.15) is 5.84 Å². The van der Waals surface area contributed by atoms with Crippen LogP contribution in [-0.2, 0) is 4.79 Å². The zero-order valence-corrected chi connectivity index (χ0v) is 14.1. The van der Waals surface area contributed by atoms with Crippen LogP contribution in [0.3, 0.4) is 0 Å². The van der Waals surface area contributed by atoms with Crippen LogP contribution >= 0.6 is 23.7 Å². The Kier molecular flexibility index (Phi) is 4.49. The second kappa shape index (κ2) is 6.57. The highest BCUT2D eigenvalue weighted by Gasteiger charge is 2.37. The standard InChI is InChI=1S/C14H11N5O3S2/c1-2-23-14-17-24-13-16-12(20)10(11(15)18(13)14)7-8-3-5-9(6-4-8)19(21)22/h3-7,15H,2H2,1H3/b10-7-,15-11?. The molecular weight excluding hydrogens is 350 g/mol. The van der Waals surface area contributed by atoms with Crippen LogP contribution in [0.2, 0.25) is 0 Å². The van der Waals surface area contributed by atoms with Gasteiger partial charge in [-0.2, -0.15) is 9.39 Å². The number of carbonyl (C=O) groups excluding carboxylic acids is 1. The fourth-order valence-corrected chi connectivity index (χ4v) is 3.65. The Labute approximate surface area is 145 Å². The lowest BCUT2D eigenvalue weighted by molar-refractivity contribution is -0.384. The molecule has 8 nitrogen and oxygen atoms in total. The number of benzene rings is 1. The molecule has 0 atom stereocenters. The average molecular weight is 361 g/mol. The SMILES string of the molecule is CCSC1=NSC2=NC(=O)/C(=C\c3ccc([N+](=O)[O-])cc3)C(=N)N12. The third kappa shape index (κ3) is 2.97. The van der Waals surface area contributed by atoms with Crippen molar-refractivity contribution < 1.29 is 9.72 Å². The van der Waals surface area contributed by atoms with E-state index in [1.54, 1.807) is 0 Å². The summed E-state index contributed by atoms with van der Waals surface area (Å²) in [5, 5.41) is 20.0. The number of nitrogens with one attached hydrogen (secondary N) is 1. The quantitative estimate of drug-likeness (QED) is 0.383. The lowest BCUT2D eigenvalue weighted by Crippen LogP contribution is -2.41. The van der Waals surface area contributed by atoms with Gasteiger partial charge in [0.25, 0.3) is 11.6 Å². The van der Waals surface area contributed by atoms with Crippen LogP contribution in [0.5, 0.6) is 0 Å². The van der Waals surface area contributed by atoms with Crippen LogP contribution in [0.15, 0.2) is 39.2 Å². The van der Waals surface area contributed by atoms with Gasteiger partial charge in [-0.3, -0.25) is 20.3 Å². The summed E-state index contributed by atoms with van der Waals surface area (Å²) < 4.78 is 4.22. The smallest absolute Gasteiger partial charge is 0.283 e. The Morgan fingerprint density at radius 2 is 2.12 bits per heavy atom. The van der Waals surface area contributed by atoms with Crippen LogP contribution in [0, 0.1) is 15.5 Å². The monoisotopic (exact) mass is 361 g/mol. The molecular formula is C14H11N5O3S2. The van der Waals surface area contributed by atoms with Gasteiger partial charge >= 0.3 is 0 Å². The first-order valence-electron chi connectivity index (χ1n) is 6.87. The van der Waals surface area contributed by atoms with E-state index >= 15 is 0 Å². The van der Waals surface area contributed by atoms with E-state index in [-0.39, 0.29) is 17.1 Å². The number of fused-ring (bicyclic) bond motifs is 1. The predicted octanol–water partition coefficient (Wildman–Crippen LogP) is 2.92. The minimum Gasteiger partial charge on any atom is -0.283 e. The molecule has 24 heavy (non-hydrogen) atoms. The first-order chi connectivity index (χ1) is 11.5. The molecule has 1 amide bonds. The minimum atomic E-state index is -0.518. The van der Waals surface area contributed by atoms with Gasteiger partial charge in [0.15, 0.2) is 5.17 Å². The van der Waals surface area contributed by atoms with E-state index in [0.717, 1.165) is 17.7 Å². The number of hydrogen-bond donors (Lipinski definition) is 1. The van der Waals surface area contributed by atoms with E-state index in [1.807, 2.05) is 6.92 Å². The third-order valence-corrected chi connectivity index (χ3v) is 4.82. The van der Waals surface area contributed by atoms with Gasteiger partial charge in [-0.1, -0.05) is 18.7 Å². The highest BCUT2D eigenvalue weighted by molar-refractivity contribution is 8.19. The number of non-ortho nitro benzene ring substituents is 1. The first-order valence-corrected chi connectivity index (χ1v) is 8.63. The number of hydrogen-bond acceptors (Lipinski definition) is 7. The van der Waals surface area contributed by atoms with Gasteiger partial charge in [0.2, 0.25) is 5.17 Å². The summed E-state index contributed by atoms with van der Waals surface area (Å²) in [4.78, 5) is 27.9. The van der Waals surface area contributed by atoms with Gasteiger partial charge in [-0.15, -0.1) is 0 Å². The molecule has 0 radical (unpaired) electrons. The second-order valence-electron chi connectivity index (χ2n) is 4.69. The summed E-state index contributed by atoms with van der Waals surface area (Å²) in [6, 6.07) is 5.76. The number of nitro groups is 1. The van der Waals surface area contributed by atoms with Crippen LogP contribution in [0.25, 0.3) is 6.08 Å². The van der Waals surface area contributed by atoms with Gasteiger partial charge < -0.3 is 0 Å². The molecule has 3 rings (SSSR count). The van der Waals surface area contributed by atoms with Crippen molar-refractivity contribution in [3.8, 4) is 0 Å². The highest BCUT2D eigenvalue weighted by atomic mass is 32.2. The predicted molar refractivity (Wildman–Crippen MR) is 96.2 cm³/mol. The molecule has 0 bridgehead atoms.